The number of nitrogens with zero attached hydrogens (tertiary/aromatic N) is 1. The van der Waals surface area contributed by atoms with Crippen molar-refractivity contribution in [1.29, 1.82) is 0 Å². The predicted molar refractivity (Wildman–Crippen MR) is 83.3 cm³/mol. The molecule has 1 unspecified atom stereocenters. The topological polar surface area (TPSA) is 51.9 Å². The highest BCUT2D eigenvalue weighted by Crippen LogP contribution is 2.13. The maximum absolute atomic E-state index is 11.6. The number of allylic oxidation sites excluding steroid dienone is 1. The molecule has 4 nitrogen and oxygen atoms in total. The summed E-state index contributed by atoms with van der Waals surface area (Å²) in [5.41, 5.74) is 6.81. The highest BCUT2D eigenvalue weighted by Gasteiger charge is 2.16. The van der Waals surface area contributed by atoms with Crippen LogP contribution in [-0.2, 0) is 12.8 Å². The Morgan fingerprint density at radius 3 is 2.05 bits per heavy atom. The van der Waals surface area contributed by atoms with Crippen LogP contribution in [0.1, 0.15) is 11.1 Å². The summed E-state index contributed by atoms with van der Waals surface area (Å²) in [6, 6.07) is 20.3. The maximum atomic E-state index is 11.6. The van der Waals surface area contributed by atoms with Crippen molar-refractivity contribution in [2.75, 3.05) is 0 Å². The summed E-state index contributed by atoms with van der Waals surface area (Å²) in [5.74, 6) is 0. The van der Waals surface area contributed by atoms with Crippen LogP contribution in [0.2, 0.25) is 0 Å². The van der Waals surface area contributed by atoms with Crippen LogP contribution in [0.5, 0.6) is 0 Å². The monoisotopic (exact) mass is 279 g/mol. The Bertz CT molecular complexity index is 650. The van der Waals surface area contributed by atoms with Gasteiger partial charge in [-0.3, -0.25) is 0 Å². The Kier molecular flexibility index (Phi) is 4.09. The van der Waals surface area contributed by atoms with Gasteiger partial charge in [-0.25, -0.2) is 5.17 Å². The van der Waals surface area contributed by atoms with E-state index >= 15 is 0 Å². The lowest BCUT2D eigenvalue weighted by Gasteiger charge is -2.23. The molecular weight excluding hydrogens is 262 g/mol. The van der Waals surface area contributed by atoms with Gasteiger partial charge in [0.05, 0.1) is 5.71 Å². The van der Waals surface area contributed by atoms with E-state index in [9.17, 15) is 5.21 Å². The smallest absolute Gasteiger partial charge is 0.126 e. The van der Waals surface area contributed by atoms with Crippen LogP contribution in [0.4, 0.5) is 0 Å². The van der Waals surface area contributed by atoms with E-state index in [4.69, 9.17) is 0 Å². The first-order valence-corrected chi connectivity index (χ1v) is 6.96. The molecule has 2 aromatic carbocycles. The second-order valence-corrected chi connectivity index (χ2v) is 5.03. The van der Waals surface area contributed by atoms with Crippen molar-refractivity contribution in [2.45, 2.75) is 12.8 Å². The van der Waals surface area contributed by atoms with E-state index in [-0.39, 0.29) is 5.17 Å². The Morgan fingerprint density at radius 2 is 1.43 bits per heavy atom. The van der Waals surface area contributed by atoms with E-state index in [1.165, 1.54) is 11.1 Å². The van der Waals surface area contributed by atoms with Gasteiger partial charge in [-0.2, -0.15) is 0 Å². The molecule has 1 aliphatic rings. The van der Waals surface area contributed by atoms with Gasteiger partial charge < -0.3 is 5.21 Å². The zero-order valence-electron chi connectivity index (χ0n) is 11.6. The average Bonchev–Trinajstić information content (AvgIpc) is 2.52. The Balaban J connectivity index is 1.80. The third-order valence-corrected chi connectivity index (χ3v) is 3.43. The minimum Gasteiger partial charge on any atom is -0.602 e. The van der Waals surface area contributed by atoms with Crippen molar-refractivity contribution in [3.05, 3.63) is 88.8 Å². The number of hydroxylamine groups is 1. The molecule has 0 aromatic heterocycles. The van der Waals surface area contributed by atoms with Crippen molar-refractivity contribution in [1.82, 2.24) is 5.53 Å². The van der Waals surface area contributed by atoms with Gasteiger partial charge in [0.15, 0.2) is 0 Å². The second-order valence-electron chi connectivity index (χ2n) is 5.03. The Labute approximate surface area is 124 Å². The van der Waals surface area contributed by atoms with E-state index in [0.29, 0.717) is 0 Å². The van der Waals surface area contributed by atoms with E-state index in [2.05, 4.69) is 34.9 Å². The molecule has 0 saturated carbocycles. The standard InChI is InChI=1S/C17H17N3O/c21-20-13-16(11-14-7-3-1-4-8-14)17(18-19-20)12-15-9-5-2-6-10-15/h1-10,13,19-20H,11-12H2. The van der Waals surface area contributed by atoms with Crippen LogP contribution < -0.4 is 10.7 Å². The summed E-state index contributed by atoms with van der Waals surface area (Å²) >= 11 is 0. The zero-order chi connectivity index (χ0) is 14.5. The molecular formula is C17H17N3O. The zero-order valence-corrected chi connectivity index (χ0v) is 11.6. The SMILES string of the molecule is [O-][NH+]1C=C(Cc2ccccc2)C(Cc2ccccc2)=NN1. The van der Waals surface area contributed by atoms with Crippen LogP contribution in [0.15, 0.2) is 77.5 Å². The molecule has 0 aliphatic carbocycles. The third-order valence-electron chi connectivity index (χ3n) is 3.43. The van der Waals surface area contributed by atoms with Crippen LogP contribution in [0.3, 0.4) is 0 Å². The summed E-state index contributed by atoms with van der Waals surface area (Å²) in [7, 11) is 0. The van der Waals surface area contributed by atoms with Crippen molar-refractivity contribution in [3.63, 3.8) is 0 Å². The molecule has 1 aliphatic heterocycles. The summed E-state index contributed by atoms with van der Waals surface area (Å²) in [6.45, 7) is 0. The van der Waals surface area contributed by atoms with Crippen LogP contribution >= 0.6 is 0 Å². The van der Waals surface area contributed by atoms with Crippen molar-refractivity contribution < 1.29 is 5.17 Å². The number of rotatable bonds is 4. The molecule has 106 valence electrons. The number of hydrogen-bond donors (Lipinski definition) is 2. The normalized spacial score (nSPS) is 17.7. The molecule has 2 N–H and O–H groups in total. The quantitative estimate of drug-likeness (QED) is 0.836. The summed E-state index contributed by atoms with van der Waals surface area (Å²) in [5, 5.41) is 15.6. The van der Waals surface area contributed by atoms with Gasteiger partial charge in [-0.15, -0.1) is 10.6 Å². The highest BCUT2D eigenvalue weighted by atomic mass is 16.5. The lowest BCUT2D eigenvalue weighted by molar-refractivity contribution is -0.845. The van der Waals surface area contributed by atoms with Gasteiger partial charge in [0.25, 0.3) is 0 Å². The number of hydrazone groups is 1. The largest absolute Gasteiger partial charge is 0.602 e. The number of benzene rings is 2. The minimum absolute atomic E-state index is 0.155. The Hall–Kier alpha value is -2.43. The average molecular weight is 279 g/mol. The van der Waals surface area contributed by atoms with E-state index in [1.54, 1.807) is 6.20 Å². The van der Waals surface area contributed by atoms with Crippen molar-refractivity contribution in [2.24, 2.45) is 5.10 Å². The van der Waals surface area contributed by atoms with Crippen molar-refractivity contribution >= 4 is 5.71 Å². The van der Waals surface area contributed by atoms with Crippen LogP contribution in [0, 0.1) is 5.21 Å². The van der Waals surface area contributed by atoms with Crippen LogP contribution in [-0.4, -0.2) is 5.71 Å². The van der Waals surface area contributed by atoms with E-state index in [1.807, 2.05) is 36.4 Å². The first kappa shape index (κ1) is 13.5. The lowest BCUT2D eigenvalue weighted by Crippen LogP contribution is -3.09. The molecule has 0 spiro atoms. The molecule has 21 heavy (non-hydrogen) atoms. The number of hydrogen-bond acceptors (Lipinski definition) is 3. The summed E-state index contributed by atoms with van der Waals surface area (Å²) < 4.78 is 0. The molecule has 1 heterocycles. The number of quaternary nitrogens is 1. The molecule has 0 radical (unpaired) electrons. The van der Waals surface area contributed by atoms with Gasteiger partial charge in [-0.05, 0) is 11.1 Å². The van der Waals surface area contributed by atoms with Crippen molar-refractivity contribution in [3.8, 4) is 0 Å². The lowest BCUT2D eigenvalue weighted by atomic mass is 9.97. The predicted octanol–water partition coefficient (Wildman–Crippen LogP) is 1.61. The molecule has 0 saturated heterocycles. The van der Waals surface area contributed by atoms with Gasteiger partial charge in [-0.1, -0.05) is 60.7 Å². The molecule has 3 rings (SSSR count). The van der Waals surface area contributed by atoms with Gasteiger partial charge >= 0.3 is 0 Å². The summed E-state index contributed by atoms with van der Waals surface area (Å²) in [4.78, 5) is 0. The van der Waals surface area contributed by atoms with Gasteiger partial charge in [0, 0.05) is 18.4 Å². The van der Waals surface area contributed by atoms with Crippen LogP contribution in [0.25, 0.3) is 0 Å². The second kappa shape index (κ2) is 6.35. The summed E-state index contributed by atoms with van der Waals surface area (Å²) in [6.07, 6.45) is 3.10. The highest BCUT2D eigenvalue weighted by molar-refractivity contribution is 6.01. The molecule has 1 atom stereocenters. The van der Waals surface area contributed by atoms with E-state index in [0.717, 1.165) is 24.1 Å². The molecule has 0 bridgehead atoms. The fourth-order valence-corrected chi connectivity index (χ4v) is 2.38. The third kappa shape index (κ3) is 3.56. The minimum atomic E-state index is -0.155. The molecule has 4 heteroatoms. The van der Waals surface area contributed by atoms with E-state index < -0.39 is 0 Å². The maximum Gasteiger partial charge on any atom is 0.126 e. The number of nitrogens with one attached hydrogen (secondary N) is 2. The first-order chi connectivity index (χ1) is 10.3. The fraction of sp³-hybridized carbons (Fsp3) is 0.118. The fourth-order valence-electron chi connectivity index (χ4n) is 2.38. The van der Waals surface area contributed by atoms with Gasteiger partial charge in [0.2, 0.25) is 0 Å². The molecule has 0 amide bonds. The first-order valence-electron chi connectivity index (χ1n) is 6.96. The Morgan fingerprint density at radius 1 is 0.857 bits per heavy atom. The molecule has 0 fully saturated rings. The van der Waals surface area contributed by atoms with Gasteiger partial charge in [0.1, 0.15) is 6.20 Å². The molecule has 2 aromatic rings.